The van der Waals surface area contributed by atoms with Gasteiger partial charge in [0.2, 0.25) is 5.43 Å². The van der Waals surface area contributed by atoms with Gasteiger partial charge in [-0.05, 0) is 39.7 Å². The molecule has 2 fully saturated rings. The average molecular weight is 403 g/mol. The second kappa shape index (κ2) is 7.33. The Morgan fingerprint density at radius 3 is 2.52 bits per heavy atom. The van der Waals surface area contributed by atoms with Gasteiger partial charge in [0.05, 0.1) is 17.5 Å². The van der Waals surface area contributed by atoms with Gasteiger partial charge >= 0.3 is 5.97 Å². The number of ether oxygens (including phenoxy) is 1. The second-order valence-corrected chi connectivity index (χ2v) is 8.05. The molecule has 1 aliphatic heterocycles. The zero-order chi connectivity index (χ0) is 20.9. The molecule has 0 spiro atoms. The summed E-state index contributed by atoms with van der Waals surface area (Å²) < 4.78 is 23.1. The quantitative estimate of drug-likeness (QED) is 0.799. The summed E-state index contributed by atoms with van der Waals surface area (Å²) in [6.07, 6.45) is 3.16. The van der Waals surface area contributed by atoms with Crippen molar-refractivity contribution in [2.24, 2.45) is 0 Å². The molecule has 29 heavy (non-hydrogen) atoms. The lowest BCUT2D eigenvalue weighted by molar-refractivity contribution is 0.0694. The number of aromatic nitrogens is 1. The number of carbonyl (C=O) groups is 1. The van der Waals surface area contributed by atoms with E-state index < -0.39 is 17.2 Å². The van der Waals surface area contributed by atoms with Crippen molar-refractivity contribution in [3.05, 3.63) is 33.9 Å². The molecule has 0 radical (unpaired) electrons. The minimum Gasteiger partial charge on any atom is -0.489 e. The number of carboxylic acid groups (broad SMARTS) is 1. The van der Waals surface area contributed by atoms with Crippen LogP contribution in [0.15, 0.2) is 17.1 Å². The monoisotopic (exact) mass is 403 g/mol. The Balaban J connectivity index is 2.03. The Kier molecular flexibility index (Phi) is 4.98. The summed E-state index contributed by atoms with van der Waals surface area (Å²) >= 11 is 0. The number of benzene rings is 1. The van der Waals surface area contributed by atoms with E-state index >= 15 is 4.39 Å². The molecule has 7 nitrogen and oxygen atoms in total. The van der Waals surface area contributed by atoms with Gasteiger partial charge in [0.15, 0.2) is 11.6 Å². The smallest absolute Gasteiger partial charge is 0.341 e. The summed E-state index contributed by atoms with van der Waals surface area (Å²) in [5.41, 5.74) is -0.197. The minimum absolute atomic E-state index is 0.0535. The summed E-state index contributed by atoms with van der Waals surface area (Å²) in [5, 5.41) is 12.9. The lowest BCUT2D eigenvalue weighted by Gasteiger charge is -2.38. The van der Waals surface area contributed by atoms with Crippen molar-refractivity contribution in [1.82, 2.24) is 9.88 Å². The van der Waals surface area contributed by atoms with E-state index in [0.717, 1.165) is 12.8 Å². The molecule has 2 N–H and O–H groups in total. The molecule has 1 saturated carbocycles. The first kappa shape index (κ1) is 19.7. The van der Waals surface area contributed by atoms with E-state index in [9.17, 15) is 14.7 Å². The highest BCUT2D eigenvalue weighted by molar-refractivity contribution is 5.97. The molecular formula is C21H26FN3O4. The van der Waals surface area contributed by atoms with Crippen LogP contribution in [0.1, 0.15) is 50.0 Å². The third-order valence-corrected chi connectivity index (χ3v) is 5.53. The Hall–Kier alpha value is -2.61. The largest absolute Gasteiger partial charge is 0.489 e. The first-order chi connectivity index (χ1) is 13.8. The van der Waals surface area contributed by atoms with Crippen LogP contribution in [0.5, 0.6) is 5.75 Å². The van der Waals surface area contributed by atoms with Crippen molar-refractivity contribution in [1.29, 1.82) is 0 Å². The van der Waals surface area contributed by atoms with E-state index in [4.69, 9.17) is 4.74 Å². The van der Waals surface area contributed by atoms with E-state index in [0.29, 0.717) is 36.6 Å². The molecule has 156 valence electrons. The number of carboxylic acids is 1. The standard InChI is InChI=1S/C21H26FN3O4/c1-4-29-20-17-14(19(26)15(21(27)28)10-25(17)13-5-6-13)7-16(22)18(20)24-8-11(2)23-12(3)9-24/h7,10-13,23H,4-6,8-9H2,1-3H3,(H,27,28). The molecule has 2 aliphatic rings. The first-order valence-electron chi connectivity index (χ1n) is 10.1. The fraction of sp³-hybridized carbons (Fsp3) is 0.524. The van der Waals surface area contributed by atoms with Crippen molar-refractivity contribution in [3.8, 4) is 5.75 Å². The number of fused-ring (bicyclic) bond motifs is 1. The van der Waals surface area contributed by atoms with Crippen LogP contribution in [0.2, 0.25) is 0 Å². The number of aromatic carboxylic acids is 1. The van der Waals surface area contributed by atoms with Crippen LogP contribution in [-0.2, 0) is 0 Å². The SMILES string of the molecule is CCOc1c(N2CC(C)NC(C)C2)c(F)cc2c(=O)c(C(=O)O)cn(C3CC3)c12. The third-order valence-electron chi connectivity index (χ3n) is 5.53. The number of nitrogens with one attached hydrogen (secondary N) is 1. The predicted octanol–water partition coefficient (Wildman–Crippen LogP) is 2.76. The van der Waals surface area contributed by atoms with Crippen molar-refractivity contribution < 1.29 is 19.0 Å². The maximum atomic E-state index is 15.4. The van der Waals surface area contributed by atoms with Gasteiger partial charge in [-0.1, -0.05) is 0 Å². The molecule has 1 saturated heterocycles. The van der Waals surface area contributed by atoms with Crippen molar-refractivity contribution in [3.63, 3.8) is 0 Å². The zero-order valence-electron chi connectivity index (χ0n) is 16.9. The summed E-state index contributed by atoms with van der Waals surface area (Å²) in [6.45, 7) is 7.42. The van der Waals surface area contributed by atoms with Crippen LogP contribution in [-0.4, -0.2) is 47.4 Å². The van der Waals surface area contributed by atoms with Crippen LogP contribution in [0, 0.1) is 5.82 Å². The predicted molar refractivity (Wildman–Crippen MR) is 109 cm³/mol. The molecule has 1 aromatic heterocycles. The van der Waals surface area contributed by atoms with Gasteiger partial charge in [-0.25, -0.2) is 9.18 Å². The van der Waals surface area contributed by atoms with Crippen molar-refractivity contribution >= 4 is 22.6 Å². The highest BCUT2D eigenvalue weighted by Crippen LogP contribution is 2.44. The zero-order valence-corrected chi connectivity index (χ0v) is 16.9. The Labute approximate surface area is 168 Å². The summed E-state index contributed by atoms with van der Waals surface area (Å²) in [5.74, 6) is -1.55. The summed E-state index contributed by atoms with van der Waals surface area (Å²) in [4.78, 5) is 26.4. The molecule has 2 atom stereocenters. The van der Waals surface area contributed by atoms with E-state index in [1.807, 2.05) is 25.7 Å². The van der Waals surface area contributed by atoms with E-state index in [1.54, 1.807) is 4.57 Å². The van der Waals surface area contributed by atoms with Gasteiger partial charge in [0.1, 0.15) is 11.3 Å². The Morgan fingerprint density at radius 2 is 1.97 bits per heavy atom. The fourth-order valence-corrected chi connectivity index (χ4v) is 4.32. The van der Waals surface area contributed by atoms with Crippen LogP contribution >= 0.6 is 0 Å². The van der Waals surface area contributed by atoms with Crippen LogP contribution in [0.4, 0.5) is 10.1 Å². The minimum atomic E-state index is -1.31. The number of anilines is 1. The highest BCUT2D eigenvalue weighted by Gasteiger charge is 2.33. The normalized spacial score (nSPS) is 22.1. The molecule has 2 heterocycles. The van der Waals surface area contributed by atoms with E-state index in [2.05, 4.69) is 5.32 Å². The maximum absolute atomic E-state index is 15.4. The lowest BCUT2D eigenvalue weighted by atomic mass is 10.1. The van der Waals surface area contributed by atoms with Gasteiger partial charge in [0, 0.05) is 37.4 Å². The molecule has 8 heteroatoms. The van der Waals surface area contributed by atoms with Crippen molar-refractivity contribution in [2.45, 2.75) is 51.7 Å². The number of hydrogen-bond donors (Lipinski definition) is 2. The topological polar surface area (TPSA) is 83.8 Å². The van der Waals surface area contributed by atoms with E-state index in [1.165, 1.54) is 12.3 Å². The number of nitrogens with zero attached hydrogens (tertiary/aromatic N) is 2. The molecule has 2 unspecified atom stereocenters. The van der Waals surface area contributed by atoms with Gasteiger partial charge in [-0.2, -0.15) is 0 Å². The number of piperazine rings is 1. The maximum Gasteiger partial charge on any atom is 0.341 e. The van der Waals surface area contributed by atoms with E-state index in [-0.39, 0.29) is 29.1 Å². The second-order valence-electron chi connectivity index (χ2n) is 8.05. The number of rotatable bonds is 5. The van der Waals surface area contributed by atoms with Crippen LogP contribution in [0.3, 0.4) is 0 Å². The van der Waals surface area contributed by atoms with Crippen LogP contribution in [0.25, 0.3) is 10.9 Å². The molecule has 1 aliphatic carbocycles. The Morgan fingerprint density at radius 1 is 1.31 bits per heavy atom. The number of pyridine rings is 1. The average Bonchev–Trinajstić information content (AvgIpc) is 3.46. The van der Waals surface area contributed by atoms with Gasteiger partial charge in [-0.3, -0.25) is 4.79 Å². The van der Waals surface area contributed by atoms with Gasteiger partial charge in [-0.15, -0.1) is 0 Å². The highest BCUT2D eigenvalue weighted by atomic mass is 19.1. The Bertz CT molecular complexity index is 1020. The molecule has 0 bridgehead atoms. The number of hydrogen-bond acceptors (Lipinski definition) is 5. The third kappa shape index (κ3) is 3.46. The van der Waals surface area contributed by atoms with Crippen LogP contribution < -0.4 is 20.4 Å². The number of halogens is 1. The molecular weight excluding hydrogens is 377 g/mol. The summed E-state index contributed by atoms with van der Waals surface area (Å²) in [6, 6.07) is 1.61. The van der Waals surface area contributed by atoms with Crippen molar-refractivity contribution in [2.75, 3.05) is 24.6 Å². The summed E-state index contributed by atoms with van der Waals surface area (Å²) in [7, 11) is 0. The lowest BCUT2D eigenvalue weighted by Crippen LogP contribution is -2.54. The molecule has 4 rings (SSSR count). The first-order valence-corrected chi connectivity index (χ1v) is 10.1. The fourth-order valence-electron chi connectivity index (χ4n) is 4.32. The van der Waals surface area contributed by atoms with Gasteiger partial charge < -0.3 is 24.6 Å². The molecule has 2 aromatic rings. The van der Waals surface area contributed by atoms with Gasteiger partial charge in [0.25, 0.3) is 0 Å². The molecule has 0 amide bonds. The molecule has 1 aromatic carbocycles.